The van der Waals surface area contributed by atoms with E-state index in [2.05, 4.69) is 9.55 Å². The maximum Gasteiger partial charge on any atom is 0.338 e. The van der Waals surface area contributed by atoms with Gasteiger partial charge in [0.1, 0.15) is 17.1 Å². The molecule has 6 rings (SSSR count). The van der Waals surface area contributed by atoms with Gasteiger partial charge in [-0.2, -0.15) is 0 Å². The highest BCUT2D eigenvalue weighted by molar-refractivity contribution is 6.01. The summed E-state index contributed by atoms with van der Waals surface area (Å²) in [6, 6.07) is 14.2. The van der Waals surface area contributed by atoms with Crippen LogP contribution in [0.15, 0.2) is 48.7 Å². The number of ether oxygens (including phenoxy) is 1. The molecule has 34 heavy (non-hydrogen) atoms. The van der Waals surface area contributed by atoms with Gasteiger partial charge in [0.15, 0.2) is 0 Å². The summed E-state index contributed by atoms with van der Waals surface area (Å²) in [5.41, 5.74) is 5.66. The van der Waals surface area contributed by atoms with E-state index in [1.807, 2.05) is 70.3 Å². The number of carbonyl (C=O) groups excluding carboxylic acids is 1. The Kier molecular flexibility index (Phi) is 4.63. The molecule has 2 aliphatic rings. The number of fused-ring (bicyclic) bond motifs is 6. The van der Waals surface area contributed by atoms with Gasteiger partial charge in [-0.3, -0.25) is 9.97 Å². The lowest BCUT2D eigenvalue weighted by atomic mass is 10.0. The molecular weight excluding hydrogens is 424 g/mol. The zero-order chi connectivity index (χ0) is 23.6. The number of esters is 1. The molecule has 0 radical (unpaired) electrons. The van der Waals surface area contributed by atoms with E-state index in [-0.39, 0.29) is 5.97 Å². The van der Waals surface area contributed by atoms with Gasteiger partial charge in [0, 0.05) is 34.8 Å². The first-order valence-electron chi connectivity index (χ1n) is 12.0. The van der Waals surface area contributed by atoms with E-state index in [1.165, 1.54) is 12.8 Å². The second kappa shape index (κ2) is 7.49. The quantitative estimate of drug-likeness (QED) is 0.344. The SMILES string of the molecule is Cc1cccc(-c2nc3n(c2-c2ccnc4ccc(C(=O)OC(C)(C)C)cc24)C2CCC3C2)n1. The van der Waals surface area contributed by atoms with Crippen molar-refractivity contribution in [2.45, 2.75) is 64.5 Å². The van der Waals surface area contributed by atoms with E-state index in [4.69, 9.17) is 14.7 Å². The Morgan fingerprint density at radius 3 is 2.74 bits per heavy atom. The van der Waals surface area contributed by atoms with Gasteiger partial charge in [-0.25, -0.2) is 9.78 Å². The number of pyridine rings is 2. The minimum Gasteiger partial charge on any atom is -0.456 e. The van der Waals surface area contributed by atoms with E-state index in [9.17, 15) is 4.79 Å². The molecule has 1 saturated carbocycles. The number of imidazole rings is 1. The summed E-state index contributed by atoms with van der Waals surface area (Å²) < 4.78 is 8.07. The van der Waals surface area contributed by atoms with Crippen LogP contribution in [0.3, 0.4) is 0 Å². The molecule has 3 aromatic heterocycles. The van der Waals surface area contributed by atoms with E-state index in [1.54, 1.807) is 6.07 Å². The van der Waals surface area contributed by atoms with E-state index in [0.717, 1.165) is 51.5 Å². The Morgan fingerprint density at radius 2 is 1.94 bits per heavy atom. The molecule has 1 aliphatic carbocycles. The first-order valence-corrected chi connectivity index (χ1v) is 12.0. The highest BCUT2D eigenvalue weighted by Gasteiger charge is 2.41. The summed E-state index contributed by atoms with van der Waals surface area (Å²) in [6.45, 7) is 7.64. The Balaban J connectivity index is 1.58. The minimum absolute atomic E-state index is 0.331. The molecular formula is C28H28N4O2. The van der Waals surface area contributed by atoms with Crippen molar-refractivity contribution in [2.24, 2.45) is 0 Å². The topological polar surface area (TPSA) is 69.9 Å². The Morgan fingerprint density at radius 1 is 1.09 bits per heavy atom. The molecule has 0 N–H and O–H groups in total. The first-order chi connectivity index (χ1) is 16.3. The maximum absolute atomic E-state index is 12.8. The molecule has 1 aliphatic heterocycles. The van der Waals surface area contributed by atoms with Crippen LogP contribution in [0, 0.1) is 6.92 Å². The largest absolute Gasteiger partial charge is 0.456 e. The van der Waals surface area contributed by atoms with E-state index >= 15 is 0 Å². The number of benzene rings is 1. The van der Waals surface area contributed by atoms with Gasteiger partial charge >= 0.3 is 5.97 Å². The highest BCUT2D eigenvalue weighted by Crippen LogP contribution is 2.53. The van der Waals surface area contributed by atoms with Crippen molar-refractivity contribution in [2.75, 3.05) is 0 Å². The number of hydrogen-bond donors (Lipinski definition) is 0. The van der Waals surface area contributed by atoms with Gasteiger partial charge in [-0.15, -0.1) is 0 Å². The van der Waals surface area contributed by atoms with Gasteiger partial charge in [0.2, 0.25) is 0 Å². The number of nitrogens with zero attached hydrogens (tertiary/aromatic N) is 4. The Hall–Kier alpha value is -3.54. The molecule has 4 heterocycles. The van der Waals surface area contributed by atoms with Gasteiger partial charge in [-0.05, 0) is 83.4 Å². The van der Waals surface area contributed by atoms with Gasteiger partial charge in [0.25, 0.3) is 0 Å². The van der Waals surface area contributed by atoms with Crippen molar-refractivity contribution in [1.29, 1.82) is 0 Å². The van der Waals surface area contributed by atoms with Crippen LogP contribution in [0.1, 0.15) is 73.9 Å². The summed E-state index contributed by atoms with van der Waals surface area (Å²) in [5.74, 6) is 1.34. The molecule has 0 amide bonds. The fraction of sp³-hybridized carbons (Fsp3) is 0.357. The molecule has 6 nitrogen and oxygen atoms in total. The molecule has 0 saturated heterocycles. The van der Waals surface area contributed by atoms with Crippen LogP contribution >= 0.6 is 0 Å². The van der Waals surface area contributed by atoms with Crippen molar-refractivity contribution in [3.63, 3.8) is 0 Å². The lowest BCUT2D eigenvalue weighted by Crippen LogP contribution is -2.23. The number of aromatic nitrogens is 4. The van der Waals surface area contributed by atoms with Crippen molar-refractivity contribution in [1.82, 2.24) is 19.5 Å². The van der Waals surface area contributed by atoms with Gasteiger partial charge in [-0.1, -0.05) is 6.07 Å². The van der Waals surface area contributed by atoms with Gasteiger partial charge < -0.3 is 9.30 Å². The van der Waals surface area contributed by atoms with Crippen LogP contribution in [0.4, 0.5) is 0 Å². The molecule has 0 spiro atoms. The lowest BCUT2D eigenvalue weighted by molar-refractivity contribution is 0.00697. The van der Waals surface area contributed by atoms with Gasteiger partial charge in [0.05, 0.1) is 22.5 Å². The molecule has 2 atom stereocenters. The second-order valence-electron chi connectivity index (χ2n) is 10.5. The third-order valence-corrected chi connectivity index (χ3v) is 6.84. The zero-order valence-electron chi connectivity index (χ0n) is 20.0. The molecule has 4 aromatic rings. The number of rotatable bonds is 3. The molecule has 6 heteroatoms. The highest BCUT2D eigenvalue weighted by atomic mass is 16.6. The van der Waals surface area contributed by atoms with Crippen molar-refractivity contribution in [3.05, 3.63) is 65.7 Å². The summed E-state index contributed by atoms with van der Waals surface area (Å²) in [6.07, 6.45) is 5.37. The third-order valence-electron chi connectivity index (χ3n) is 6.84. The van der Waals surface area contributed by atoms with Crippen molar-refractivity contribution >= 4 is 16.9 Å². The Labute approximate surface area is 199 Å². The van der Waals surface area contributed by atoms with Crippen LogP contribution in [-0.2, 0) is 4.74 Å². The van der Waals surface area contributed by atoms with Crippen LogP contribution in [0.2, 0.25) is 0 Å². The van der Waals surface area contributed by atoms with E-state index < -0.39 is 5.60 Å². The maximum atomic E-state index is 12.8. The third kappa shape index (κ3) is 3.40. The van der Waals surface area contributed by atoms with Crippen molar-refractivity contribution < 1.29 is 9.53 Å². The lowest BCUT2D eigenvalue weighted by Gasteiger charge is -2.20. The molecule has 172 valence electrons. The molecule has 2 bridgehead atoms. The van der Waals surface area contributed by atoms with Crippen molar-refractivity contribution in [3.8, 4) is 22.6 Å². The summed E-state index contributed by atoms with van der Waals surface area (Å²) in [4.78, 5) is 27.4. The standard InChI is InChI=1S/C28H28N4O2/c1-16-6-5-7-23(30-16)24-25(32-19-10-8-17(14-19)26(32)31-24)20-12-13-29-22-11-9-18(15-21(20)22)27(33)34-28(2,3)4/h5-7,9,11-13,15,17,19H,8,10,14H2,1-4H3. The van der Waals surface area contributed by atoms with Crippen LogP contribution in [-0.4, -0.2) is 31.1 Å². The Bertz CT molecular complexity index is 1450. The minimum atomic E-state index is -0.556. The second-order valence-corrected chi connectivity index (χ2v) is 10.5. The average molecular weight is 453 g/mol. The average Bonchev–Trinajstić information content (AvgIpc) is 3.50. The predicted molar refractivity (Wildman–Crippen MR) is 132 cm³/mol. The van der Waals surface area contributed by atoms with Crippen LogP contribution < -0.4 is 0 Å². The number of carbonyl (C=O) groups is 1. The number of aryl methyl sites for hydroxylation is 1. The predicted octanol–water partition coefficient (Wildman–Crippen LogP) is 6.25. The summed E-state index contributed by atoms with van der Waals surface area (Å²) >= 11 is 0. The molecule has 1 fully saturated rings. The molecule has 1 aromatic carbocycles. The van der Waals surface area contributed by atoms with Crippen LogP contribution in [0.5, 0.6) is 0 Å². The molecule has 2 unspecified atom stereocenters. The summed E-state index contributed by atoms with van der Waals surface area (Å²) in [5, 5.41) is 0.922. The monoisotopic (exact) mass is 452 g/mol. The normalized spacial score (nSPS) is 18.9. The fourth-order valence-electron chi connectivity index (χ4n) is 5.46. The van der Waals surface area contributed by atoms with Crippen LogP contribution in [0.25, 0.3) is 33.5 Å². The zero-order valence-corrected chi connectivity index (χ0v) is 20.0. The smallest absolute Gasteiger partial charge is 0.338 e. The van der Waals surface area contributed by atoms with E-state index in [0.29, 0.717) is 17.5 Å². The fourth-order valence-corrected chi connectivity index (χ4v) is 5.46. The number of hydrogen-bond acceptors (Lipinski definition) is 5. The summed E-state index contributed by atoms with van der Waals surface area (Å²) in [7, 11) is 0. The first kappa shape index (κ1) is 21.0.